The summed E-state index contributed by atoms with van der Waals surface area (Å²) in [6.45, 7) is 4.39. The summed E-state index contributed by atoms with van der Waals surface area (Å²) in [4.78, 5) is 0. The van der Waals surface area contributed by atoms with Crippen LogP contribution in [0.3, 0.4) is 0 Å². The van der Waals surface area contributed by atoms with Crippen molar-refractivity contribution in [2.45, 2.75) is 64.9 Å². The third kappa shape index (κ3) is 6.38. The zero-order valence-electron chi connectivity index (χ0n) is 12.7. The van der Waals surface area contributed by atoms with Crippen LogP contribution in [0.25, 0.3) is 0 Å². The van der Waals surface area contributed by atoms with E-state index in [9.17, 15) is 9.50 Å². The van der Waals surface area contributed by atoms with Gasteiger partial charge in [0, 0.05) is 0 Å². The predicted molar refractivity (Wildman–Crippen MR) is 80.5 cm³/mol. The van der Waals surface area contributed by atoms with Gasteiger partial charge in [0.15, 0.2) is 11.6 Å². The first kappa shape index (κ1) is 17.0. The zero-order valence-corrected chi connectivity index (χ0v) is 12.7. The quantitative estimate of drug-likeness (QED) is 0.611. The number of benzene rings is 1. The fourth-order valence-corrected chi connectivity index (χ4v) is 2.14. The molecule has 0 amide bonds. The Kier molecular flexibility index (Phi) is 8.28. The van der Waals surface area contributed by atoms with Crippen molar-refractivity contribution in [1.82, 2.24) is 0 Å². The van der Waals surface area contributed by atoms with Crippen LogP contribution in [-0.2, 0) is 0 Å². The van der Waals surface area contributed by atoms with Gasteiger partial charge in [0.2, 0.25) is 0 Å². The third-order valence-electron chi connectivity index (χ3n) is 3.44. The van der Waals surface area contributed by atoms with Crippen molar-refractivity contribution < 1.29 is 14.2 Å². The molecule has 1 N–H and O–H groups in total. The molecule has 20 heavy (non-hydrogen) atoms. The summed E-state index contributed by atoms with van der Waals surface area (Å²) in [6.07, 6.45) is 7.86. The van der Waals surface area contributed by atoms with E-state index >= 15 is 0 Å². The topological polar surface area (TPSA) is 29.5 Å². The minimum Gasteiger partial charge on any atom is -0.491 e. The Hall–Kier alpha value is -1.09. The number of ether oxygens (including phenoxy) is 1. The van der Waals surface area contributed by atoms with E-state index in [0.29, 0.717) is 12.2 Å². The molecule has 114 valence electrons. The number of hydrogen-bond acceptors (Lipinski definition) is 2. The molecular formula is C17H27FO2. The second-order valence-electron chi connectivity index (χ2n) is 5.34. The maximum absolute atomic E-state index is 13.7. The Balaban J connectivity index is 2.19. The van der Waals surface area contributed by atoms with Gasteiger partial charge in [-0.15, -0.1) is 0 Å². The summed E-state index contributed by atoms with van der Waals surface area (Å²) in [6, 6.07) is 4.64. The van der Waals surface area contributed by atoms with Crippen molar-refractivity contribution in [3.63, 3.8) is 0 Å². The second-order valence-corrected chi connectivity index (χ2v) is 5.34. The highest BCUT2D eigenvalue weighted by Crippen LogP contribution is 2.22. The van der Waals surface area contributed by atoms with Gasteiger partial charge in [-0.05, 0) is 31.0 Å². The average Bonchev–Trinajstić information content (AvgIpc) is 2.43. The van der Waals surface area contributed by atoms with E-state index in [1.807, 2.05) is 0 Å². The van der Waals surface area contributed by atoms with E-state index < -0.39 is 11.9 Å². The standard InChI is InChI=1S/C17H27FO2/c1-3-4-5-6-7-8-9-12-20-17-11-10-15(14(2)19)13-16(17)18/h10-11,13-14,19H,3-9,12H2,1-2H3. The number of halogens is 1. The average molecular weight is 282 g/mol. The van der Waals surface area contributed by atoms with Crippen LogP contribution in [0.15, 0.2) is 18.2 Å². The molecular weight excluding hydrogens is 255 g/mol. The van der Waals surface area contributed by atoms with Crippen LogP contribution in [0.1, 0.15) is 70.5 Å². The van der Waals surface area contributed by atoms with E-state index in [2.05, 4.69) is 6.92 Å². The van der Waals surface area contributed by atoms with Crippen molar-refractivity contribution in [2.75, 3.05) is 6.61 Å². The van der Waals surface area contributed by atoms with Crippen molar-refractivity contribution in [3.8, 4) is 5.75 Å². The lowest BCUT2D eigenvalue weighted by Crippen LogP contribution is -2.00. The van der Waals surface area contributed by atoms with Gasteiger partial charge in [-0.2, -0.15) is 0 Å². The van der Waals surface area contributed by atoms with Gasteiger partial charge in [0.05, 0.1) is 12.7 Å². The number of rotatable bonds is 10. The molecule has 0 saturated heterocycles. The molecule has 0 aromatic heterocycles. The van der Waals surface area contributed by atoms with E-state index in [0.717, 1.165) is 12.8 Å². The highest BCUT2D eigenvalue weighted by molar-refractivity contribution is 5.30. The Morgan fingerprint density at radius 2 is 1.75 bits per heavy atom. The maximum Gasteiger partial charge on any atom is 0.165 e. The summed E-state index contributed by atoms with van der Waals surface area (Å²) >= 11 is 0. The molecule has 0 heterocycles. The summed E-state index contributed by atoms with van der Waals surface area (Å²) in [5.41, 5.74) is 0.575. The van der Waals surface area contributed by atoms with E-state index in [1.165, 1.54) is 38.2 Å². The molecule has 3 heteroatoms. The molecule has 2 nitrogen and oxygen atoms in total. The number of unbranched alkanes of at least 4 members (excludes halogenated alkanes) is 6. The predicted octanol–water partition coefficient (Wildman–Crippen LogP) is 5.01. The minimum atomic E-state index is -0.651. The van der Waals surface area contributed by atoms with Crippen LogP contribution < -0.4 is 4.74 Å². The van der Waals surface area contributed by atoms with Crippen molar-refractivity contribution >= 4 is 0 Å². The molecule has 0 radical (unpaired) electrons. The van der Waals surface area contributed by atoms with E-state index in [-0.39, 0.29) is 5.75 Å². The smallest absolute Gasteiger partial charge is 0.165 e. The first-order valence-corrected chi connectivity index (χ1v) is 7.75. The molecule has 0 aliphatic heterocycles. The summed E-state index contributed by atoms with van der Waals surface area (Å²) in [5.74, 6) is -0.119. The lowest BCUT2D eigenvalue weighted by Gasteiger charge is -2.10. The van der Waals surface area contributed by atoms with Crippen LogP contribution >= 0.6 is 0 Å². The fourth-order valence-electron chi connectivity index (χ4n) is 2.14. The van der Waals surface area contributed by atoms with Gasteiger partial charge in [0.1, 0.15) is 0 Å². The molecule has 1 rings (SSSR count). The van der Waals surface area contributed by atoms with Gasteiger partial charge in [0.25, 0.3) is 0 Å². The molecule has 0 aliphatic rings. The SMILES string of the molecule is CCCCCCCCCOc1ccc(C(C)O)cc1F. The monoisotopic (exact) mass is 282 g/mol. The van der Waals surface area contributed by atoms with Crippen LogP contribution in [0.4, 0.5) is 4.39 Å². The van der Waals surface area contributed by atoms with Crippen LogP contribution in [0.5, 0.6) is 5.75 Å². The van der Waals surface area contributed by atoms with Crippen molar-refractivity contribution in [3.05, 3.63) is 29.6 Å². The zero-order chi connectivity index (χ0) is 14.8. The number of aliphatic hydroxyl groups is 1. The fraction of sp³-hybridized carbons (Fsp3) is 0.647. The first-order chi connectivity index (χ1) is 9.65. The molecule has 0 bridgehead atoms. The van der Waals surface area contributed by atoms with Crippen molar-refractivity contribution in [2.24, 2.45) is 0 Å². The number of hydrogen-bond donors (Lipinski definition) is 1. The highest BCUT2D eigenvalue weighted by Gasteiger charge is 2.07. The Bertz CT molecular complexity index is 377. The van der Waals surface area contributed by atoms with Crippen LogP contribution in [0, 0.1) is 5.82 Å². The molecule has 0 saturated carbocycles. The lowest BCUT2D eigenvalue weighted by atomic mass is 10.1. The van der Waals surface area contributed by atoms with Gasteiger partial charge in [-0.1, -0.05) is 51.5 Å². The molecule has 1 atom stereocenters. The highest BCUT2D eigenvalue weighted by atomic mass is 19.1. The molecule has 1 aromatic carbocycles. The van der Waals surface area contributed by atoms with Crippen LogP contribution in [0.2, 0.25) is 0 Å². The van der Waals surface area contributed by atoms with Gasteiger partial charge in [-0.25, -0.2) is 4.39 Å². The van der Waals surface area contributed by atoms with Gasteiger partial charge < -0.3 is 9.84 Å². The summed E-state index contributed by atoms with van der Waals surface area (Å²) < 4.78 is 19.1. The first-order valence-electron chi connectivity index (χ1n) is 7.75. The normalized spacial score (nSPS) is 12.4. The Morgan fingerprint density at radius 1 is 1.10 bits per heavy atom. The second kappa shape index (κ2) is 9.76. The van der Waals surface area contributed by atoms with Gasteiger partial charge in [-0.3, -0.25) is 0 Å². The molecule has 0 spiro atoms. The summed E-state index contributed by atoms with van der Waals surface area (Å²) in [7, 11) is 0. The van der Waals surface area contributed by atoms with Crippen LogP contribution in [-0.4, -0.2) is 11.7 Å². The van der Waals surface area contributed by atoms with E-state index in [4.69, 9.17) is 4.74 Å². The lowest BCUT2D eigenvalue weighted by molar-refractivity contribution is 0.198. The number of aliphatic hydroxyl groups excluding tert-OH is 1. The summed E-state index contributed by atoms with van der Waals surface area (Å²) in [5, 5.41) is 9.37. The Morgan fingerprint density at radius 3 is 2.35 bits per heavy atom. The maximum atomic E-state index is 13.7. The molecule has 1 unspecified atom stereocenters. The Labute approximate surface area is 122 Å². The largest absolute Gasteiger partial charge is 0.491 e. The molecule has 0 fully saturated rings. The van der Waals surface area contributed by atoms with Crippen molar-refractivity contribution in [1.29, 1.82) is 0 Å². The third-order valence-corrected chi connectivity index (χ3v) is 3.44. The van der Waals surface area contributed by atoms with E-state index in [1.54, 1.807) is 19.1 Å². The molecule has 1 aromatic rings. The van der Waals surface area contributed by atoms with Gasteiger partial charge >= 0.3 is 0 Å². The minimum absolute atomic E-state index is 0.278. The molecule has 0 aliphatic carbocycles.